The third kappa shape index (κ3) is 5.46. The normalized spacial score (nSPS) is 14.8. The molecule has 0 spiro atoms. The second kappa shape index (κ2) is 8.47. The van der Waals surface area contributed by atoms with E-state index in [1.807, 2.05) is 11.0 Å². The van der Waals surface area contributed by atoms with E-state index in [1.54, 1.807) is 24.3 Å². The van der Waals surface area contributed by atoms with Crippen LogP contribution in [-0.2, 0) is 9.84 Å². The molecular weight excluding hydrogens is 435 g/mol. The molecule has 31 heavy (non-hydrogen) atoms. The molecule has 1 saturated heterocycles. The molecule has 0 aliphatic carbocycles. The zero-order valence-electron chi connectivity index (χ0n) is 16.4. The quantitative estimate of drug-likeness (QED) is 0.707. The van der Waals surface area contributed by atoms with Crippen LogP contribution < -0.4 is 9.64 Å². The lowest BCUT2D eigenvalue weighted by Gasteiger charge is -2.36. The Morgan fingerprint density at radius 1 is 1.06 bits per heavy atom. The first-order valence-electron chi connectivity index (χ1n) is 9.12. The molecule has 2 aromatic carbocycles. The van der Waals surface area contributed by atoms with Gasteiger partial charge >= 0.3 is 6.36 Å². The number of rotatable bonds is 4. The Morgan fingerprint density at radius 3 is 2.19 bits per heavy atom. The van der Waals surface area contributed by atoms with E-state index in [9.17, 15) is 26.4 Å². The van der Waals surface area contributed by atoms with Crippen molar-refractivity contribution in [2.24, 2.45) is 0 Å². The first-order chi connectivity index (χ1) is 14.5. The number of alkyl halides is 3. The van der Waals surface area contributed by atoms with Gasteiger partial charge in [-0.25, -0.2) is 8.42 Å². The number of amides is 1. The smallest absolute Gasteiger partial charge is 0.405 e. The number of hydrogen-bond donors (Lipinski definition) is 0. The fourth-order valence-electron chi connectivity index (χ4n) is 3.21. The van der Waals surface area contributed by atoms with E-state index in [2.05, 4.69) is 4.74 Å². The summed E-state index contributed by atoms with van der Waals surface area (Å²) in [5, 5.41) is 8.88. The second-order valence-corrected chi connectivity index (χ2v) is 8.93. The van der Waals surface area contributed by atoms with Crippen molar-refractivity contribution >= 4 is 21.4 Å². The highest BCUT2D eigenvalue weighted by atomic mass is 32.2. The molecule has 0 aromatic heterocycles. The molecule has 0 radical (unpaired) electrons. The van der Waals surface area contributed by atoms with Crippen LogP contribution in [0.3, 0.4) is 0 Å². The molecule has 11 heteroatoms. The van der Waals surface area contributed by atoms with E-state index in [0.717, 1.165) is 30.1 Å². The topological polar surface area (TPSA) is 90.7 Å². The van der Waals surface area contributed by atoms with Gasteiger partial charge in [0.25, 0.3) is 5.91 Å². The molecule has 1 heterocycles. The van der Waals surface area contributed by atoms with Crippen molar-refractivity contribution in [2.45, 2.75) is 11.3 Å². The molecule has 164 valence electrons. The molecule has 1 fully saturated rings. The minimum Gasteiger partial charge on any atom is -0.405 e. The maximum Gasteiger partial charge on any atom is 0.573 e. The molecule has 1 aliphatic heterocycles. The summed E-state index contributed by atoms with van der Waals surface area (Å²) in [4.78, 5) is 16.0. The van der Waals surface area contributed by atoms with Crippen molar-refractivity contribution in [1.29, 1.82) is 5.26 Å². The third-order valence-corrected chi connectivity index (χ3v) is 5.87. The summed E-state index contributed by atoms with van der Waals surface area (Å²) in [5.41, 5.74) is 0.902. The minimum atomic E-state index is -5.03. The van der Waals surface area contributed by atoms with Crippen LogP contribution >= 0.6 is 0 Å². The summed E-state index contributed by atoms with van der Waals surface area (Å²) >= 11 is 0. The highest BCUT2D eigenvalue weighted by Gasteiger charge is 2.34. The number of hydrogen-bond acceptors (Lipinski definition) is 6. The molecule has 1 aliphatic rings. The molecule has 2 aromatic rings. The van der Waals surface area contributed by atoms with Crippen LogP contribution in [0.15, 0.2) is 47.4 Å². The van der Waals surface area contributed by atoms with Crippen LogP contribution in [0.2, 0.25) is 0 Å². The van der Waals surface area contributed by atoms with Gasteiger partial charge in [-0.05, 0) is 42.5 Å². The SMILES string of the molecule is CS(=O)(=O)c1ccc(OC(F)(F)F)c(C(=O)N2CCN(c3ccc(C#N)cc3)CC2)c1. The maximum atomic E-state index is 12.9. The number of nitrogens with zero attached hydrogens (tertiary/aromatic N) is 3. The van der Waals surface area contributed by atoms with Crippen molar-refractivity contribution in [3.63, 3.8) is 0 Å². The Kier molecular flexibility index (Phi) is 6.13. The third-order valence-electron chi connectivity index (χ3n) is 4.76. The molecular formula is C20H18F3N3O4S. The van der Waals surface area contributed by atoms with Gasteiger partial charge in [0.05, 0.1) is 22.1 Å². The van der Waals surface area contributed by atoms with Crippen LogP contribution in [-0.4, -0.2) is 58.0 Å². The van der Waals surface area contributed by atoms with Crippen molar-refractivity contribution in [3.05, 3.63) is 53.6 Å². The highest BCUT2D eigenvalue weighted by molar-refractivity contribution is 7.90. The van der Waals surface area contributed by atoms with Crippen molar-refractivity contribution in [2.75, 3.05) is 37.3 Å². The van der Waals surface area contributed by atoms with Crippen LogP contribution in [0.4, 0.5) is 18.9 Å². The molecule has 1 amide bonds. The van der Waals surface area contributed by atoms with E-state index in [0.29, 0.717) is 18.7 Å². The fourth-order valence-corrected chi connectivity index (χ4v) is 3.85. The molecule has 0 saturated carbocycles. The monoisotopic (exact) mass is 453 g/mol. The van der Waals surface area contributed by atoms with Gasteiger partial charge in [0.1, 0.15) is 5.75 Å². The van der Waals surface area contributed by atoms with E-state index in [1.165, 1.54) is 4.90 Å². The molecule has 7 nitrogen and oxygen atoms in total. The van der Waals surface area contributed by atoms with Crippen LogP contribution in [0, 0.1) is 11.3 Å². The van der Waals surface area contributed by atoms with Crippen molar-refractivity contribution in [1.82, 2.24) is 4.90 Å². The van der Waals surface area contributed by atoms with Gasteiger partial charge in [-0.15, -0.1) is 13.2 Å². The number of carbonyl (C=O) groups is 1. The van der Waals surface area contributed by atoms with E-state index < -0.39 is 33.4 Å². The Labute approximate surface area is 177 Å². The standard InChI is InChI=1S/C20H18F3N3O4S/c1-31(28,29)16-6-7-18(30-20(21,22)23)17(12-16)19(27)26-10-8-25(9-11-26)15-4-2-14(13-24)3-5-15/h2-7,12H,8-11H2,1H3. The number of benzene rings is 2. The number of anilines is 1. The zero-order chi connectivity index (χ0) is 22.8. The molecule has 3 rings (SSSR count). The molecule has 0 atom stereocenters. The number of sulfone groups is 1. The Bertz CT molecular complexity index is 1120. The first kappa shape index (κ1) is 22.4. The lowest BCUT2D eigenvalue weighted by molar-refractivity contribution is -0.274. The number of ether oxygens (including phenoxy) is 1. The summed E-state index contributed by atoms with van der Waals surface area (Å²) in [5.74, 6) is -1.50. The maximum absolute atomic E-state index is 12.9. The number of nitriles is 1. The Balaban J connectivity index is 1.81. The zero-order valence-corrected chi connectivity index (χ0v) is 17.2. The lowest BCUT2D eigenvalue weighted by atomic mass is 10.1. The molecule has 0 N–H and O–H groups in total. The van der Waals surface area contributed by atoms with Gasteiger partial charge in [-0.1, -0.05) is 0 Å². The van der Waals surface area contributed by atoms with Gasteiger partial charge in [0, 0.05) is 38.1 Å². The summed E-state index contributed by atoms with van der Waals surface area (Å²) in [6, 6.07) is 11.6. The van der Waals surface area contributed by atoms with Gasteiger partial charge in [-0.3, -0.25) is 4.79 Å². The van der Waals surface area contributed by atoms with Gasteiger partial charge in [-0.2, -0.15) is 5.26 Å². The summed E-state index contributed by atoms with van der Waals surface area (Å²) < 4.78 is 65.9. The lowest BCUT2D eigenvalue weighted by Crippen LogP contribution is -2.49. The highest BCUT2D eigenvalue weighted by Crippen LogP contribution is 2.30. The van der Waals surface area contributed by atoms with Gasteiger partial charge < -0.3 is 14.5 Å². The first-order valence-corrected chi connectivity index (χ1v) is 11.0. The average molecular weight is 453 g/mol. The predicted molar refractivity (Wildman–Crippen MR) is 106 cm³/mol. The number of piperazine rings is 1. The van der Waals surface area contributed by atoms with Crippen LogP contribution in [0.5, 0.6) is 5.75 Å². The average Bonchev–Trinajstić information content (AvgIpc) is 2.72. The minimum absolute atomic E-state index is 0.216. The summed E-state index contributed by atoms with van der Waals surface area (Å²) in [7, 11) is -3.74. The van der Waals surface area contributed by atoms with Crippen molar-refractivity contribution in [3.8, 4) is 11.8 Å². The van der Waals surface area contributed by atoms with Crippen LogP contribution in [0.1, 0.15) is 15.9 Å². The predicted octanol–water partition coefficient (Wildman–Crippen LogP) is 2.82. The number of halogens is 3. The largest absolute Gasteiger partial charge is 0.573 e. The Hall–Kier alpha value is -3.26. The Morgan fingerprint density at radius 2 is 1.68 bits per heavy atom. The van der Waals surface area contributed by atoms with E-state index in [4.69, 9.17) is 5.26 Å². The molecule has 0 bridgehead atoms. The van der Waals surface area contributed by atoms with Crippen LogP contribution in [0.25, 0.3) is 0 Å². The summed E-state index contributed by atoms with van der Waals surface area (Å²) in [6.45, 7) is 1.26. The van der Waals surface area contributed by atoms with E-state index in [-0.39, 0.29) is 18.0 Å². The molecule has 0 unspecified atom stereocenters. The second-order valence-electron chi connectivity index (χ2n) is 6.92. The van der Waals surface area contributed by atoms with Gasteiger partial charge in [0.2, 0.25) is 0 Å². The van der Waals surface area contributed by atoms with Gasteiger partial charge in [0.15, 0.2) is 9.84 Å². The van der Waals surface area contributed by atoms with E-state index >= 15 is 0 Å². The van der Waals surface area contributed by atoms with Crippen molar-refractivity contribution < 1.29 is 31.1 Å². The fraction of sp³-hybridized carbons (Fsp3) is 0.300. The summed E-state index contributed by atoms with van der Waals surface area (Å²) in [6.07, 6.45) is -4.13. The number of carbonyl (C=O) groups excluding carboxylic acids is 1.